The zero-order chi connectivity index (χ0) is 32.6. The number of hydrogen-bond donors (Lipinski definition) is 1. The lowest BCUT2D eigenvalue weighted by Crippen LogP contribution is -2.53. The second-order valence-corrected chi connectivity index (χ2v) is 14.0. The molecule has 0 aromatic heterocycles. The predicted molar refractivity (Wildman–Crippen MR) is 181 cm³/mol. The van der Waals surface area contributed by atoms with Crippen LogP contribution in [0.25, 0.3) is 0 Å². The van der Waals surface area contributed by atoms with Crippen molar-refractivity contribution >= 4 is 62.3 Å². The molecule has 0 saturated heterocycles. The Balaban J connectivity index is 1.80. The van der Waals surface area contributed by atoms with E-state index in [0.717, 1.165) is 9.87 Å². The molecule has 1 N–H and O–H groups in total. The van der Waals surface area contributed by atoms with Crippen molar-refractivity contribution < 1.29 is 18.0 Å². The quantitative estimate of drug-likeness (QED) is 0.161. The summed E-state index contributed by atoms with van der Waals surface area (Å²) in [5, 5.41) is 4.01. The average molecular weight is 687 g/mol. The molecule has 0 unspecified atom stereocenters. The lowest BCUT2D eigenvalue weighted by molar-refractivity contribution is -0.140. The maximum absolute atomic E-state index is 14.5. The minimum absolute atomic E-state index is 0.0132. The topological polar surface area (TPSA) is 86.8 Å². The van der Waals surface area contributed by atoms with E-state index in [0.29, 0.717) is 27.2 Å². The molecule has 2 amide bonds. The molecule has 4 rings (SSSR count). The lowest BCUT2D eigenvalue weighted by Gasteiger charge is -2.34. The van der Waals surface area contributed by atoms with Crippen LogP contribution in [0, 0.1) is 5.92 Å². The Hall–Kier alpha value is -3.56. The van der Waals surface area contributed by atoms with Crippen LogP contribution in [0.2, 0.25) is 15.1 Å². The third-order valence-electron chi connectivity index (χ3n) is 7.02. The first-order valence-corrected chi connectivity index (χ1v) is 16.9. The van der Waals surface area contributed by atoms with Crippen molar-refractivity contribution in [3.63, 3.8) is 0 Å². The molecule has 0 bridgehead atoms. The summed E-state index contributed by atoms with van der Waals surface area (Å²) < 4.78 is 29.0. The van der Waals surface area contributed by atoms with E-state index in [4.69, 9.17) is 34.8 Å². The molecule has 0 aliphatic heterocycles. The number of nitrogens with one attached hydrogen (secondary N) is 1. The molecule has 1 atom stereocenters. The monoisotopic (exact) mass is 685 g/mol. The Morgan fingerprint density at radius 3 is 2.00 bits per heavy atom. The molecule has 45 heavy (non-hydrogen) atoms. The van der Waals surface area contributed by atoms with E-state index >= 15 is 0 Å². The van der Waals surface area contributed by atoms with Gasteiger partial charge in [-0.15, -0.1) is 0 Å². The molecule has 0 fully saturated rings. The summed E-state index contributed by atoms with van der Waals surface area (Å²) in [4.78, 5) is 29.7. The van der Waals surface area contributed by atoms with Crippen LogP contribution in [-0.2, 0) is 32.6 Å². The number of amides is 2. The van der Waals surface area contributed by atoms with Crippen molar-refractivity contribution in [3.8, 4) is 0 Å². The number of hydrogen-bond acceptors (Lipinski definition) is 4. The molecule has 4 aromatic rings. The van der Waals surface area contributed by atoms with Crippen molar-refractivity contribution in [1.29, 1.82) is 0 Å². The van der Waals surface area contributed by atoms with Crippen molar-refractivity contribution in [2.24, 2.45) is 5.92 Å². The van der Waals surface area contributed by atoms with Crippen LogP contribution in [-0.4, -0.2) is 44.3 Å². The number of rotatable bonds is 13. The first-order valence-electron chi connectivity index (χ1n) is 14.3. The number of halogens is 3. The van der Waals surface area contributed by atoms with E-state index in [2.05, 4.69) is 5.32 Å². The SMILES string of the molecule is CC(C)CNC(=O)[C@@H](Cc1ccccc1)N(Cc1ccc(Cl)c(Cl)c1)C(=O)CN(c1ccc(Cl)cc1)S(=O)(=O)c1ccccc1. The standard InChI is InChI=1S/C34H34Cl3N3O4S/c1-24(2)21-38-34(42)32(20-25-9-5-3-6-10-25)39(22-26-13-18-30(36)31(37)19-26)33(41)23-40(28-16-14-27(35)15-17-28)45(43,44)29-11-7-4-8-12-29/h3-19,24,32H,20-23H2,1-2H3,(H,38,42)/t32-/m1/s1. The second kappa shape index (κ2) is 15.6. The molecular formula is C34H34Cl3N3O4S. The van der Waals surface area contributed by atoms with Gasteiger partial charge in [-0.1, -0.05) is 103 Å². The summed E-state index contributed by atoms with van der Waals surface area (Å²) in [6.45, 7) is 3.75. The zero-order valence-electron chi connectivity index (χ0n) is 24.9. The molecule has 11 heteroatoms. The molecule has 0 aliphatic rings. The molecule has 0 aliphatic carbocycles. The van der Waals surface area contributed by atoms with Gasteiger partial charge in [-0.3, -0.25) is 13.9 Å². The second-order valence-electron chi connectivity index (χ2n) is 10.9. The molecule has 7 nitrogen and oxygen atoms in total. The molecule has 236 valence electrons. The Morgan fingerprint density at radius 1 is 0.778 bits per heavy atom. The van der Waals surface area contributed by atoms with Crippen molar-refractivity contribution in [3.05, 3.63) is 129 Å². The van der Waals surface area contributed by atoms with Gasteiger partial charge in [-0.2, -0.15) is 0 Å². The van der Waals surface area contributed by atoms with E-state index in [-0.39, 0.29) is 35.4 Å². The van der Waals surface area contributed by atoms with Crippen LogP contribution in [0.1, 0.15) is 25.0 Å². The highest BCUT2D eigenvalue weighted by Crippen LogP contribution is 2.27. The van der Waals surface area contributed by atoms with E-state index in [9.17, 15) is 18.0 Å². The Bertz CT molecular complexity index is 1700. The fraction of sp³-hybridized carbons (Fsp3) is 0.235. The van der Waals surface area contributed by atoms with Gasteiger partial charge in [0.25, 0.3) is 10.0 Å². The average Bonchev–Trinajstić information content (AvgIpc) is 3.03. The van der Waals surface area contributed by atoms with Crippen LogP contribution < -0.4 is 9.62 Å². The third kappa shape index (κ3) is 9.23. The van der Waals surface area contributed by atoms with Gasteiger partial charge in [0.2, 0.25) is 11.8 Å². The summed E-state index contributed by atoms with van der Waals surface area (Å²) in [7, 11) is -4.20. The number of sulfonamides is 1. The number of carbonyl (C=O) groups excluding carboxylic acids is 2. The molecule has 4 aromatic carbocycles. The Morgan fingerprint density at radius 2 is 1.40 bits per heavy atom. The number of carbonyl (C=O) groups is 2. The Labute approximate surface area is 279 Å². The maximum Gasteiger partial charge on any atom is 0.264 e. The number of nitrogens with zero attached hydrogens (tertiary/aromatic N) is 2. The smallest absolute Gasteiger partial charge is 0.264 e. The van der Waals surface area contributed by atoms with Gasteiger partial charge in [0.15, 0.2) is 0 Å². The molecule has 0 radical (unpaired) electrons. The molecule has 0 heterocycles. The van der Waals surface area contributed by atoms with Crippen molar-refractivity contribution in [2.75, 3.05) is 17.4 Å². The van der Waals surface area contributed by atoms with Gasteiger partial charge in [-0.05, 0) is 65.6 Å². The van der Waals surface area contributed by atoms with Crippen molar-refractivity contribution in [1.82, 2.24) is 10.2 Å². The van der Waals surface area contributed by atoms with E-state index in [1.807, 2.05) is 44.2 Å². The van der Waals surface area contributed by atoms with Gasteiger partial charge in [0.1, 0.15) is 12.6 Å². The first-order chi connectivity index (χ1) is 21.5. The van der Waals surface area contributed by atoms with E-state index < -0.39 is 28.5 Å². The van der Waals surface area contributed by atoms with Crippen LogP contribution in [0.15, 0.2) is 108 Å². The van der Waals surface area contributed by atoms with Gasteiger partial charge in [0, 0.05) is 24.5 Å². The summed E-state index contributed by atoms with van der Waals surface area (Å²) in [6, 6.07) is 27.4. The minimum atomic E-state index is -4.20. The number of benzene rings is 4. The van der Waals surface area contributed by atoms with Gasteiger partial charge < -0.3 is 10.2 Å². The van der Waals surface area contributed by atoms with Crippen molar-refractivity contribution in [2.45, 2.75) is 37.8 Å². The highest BCUT2D eigenvalue weighted by atomic mass is 35.5. The third-order valence-corrected chi connectivity index (χ3v) is 9.80. The lowest BCUT2D eigenvalue weighted by atomic mass is 10.0. The van der Waals surface area contributed by atoms with E-state index in [1.165, 1.54) is 29.2 Å². The Kier molecular flexibility index (Phi) is 11.9. The van der Waals surface area contributed by atoms with Crippen LogP contribution in [0.4, 0.5) is 5.69 Å². The fourth-order valence-electron chi connectivity index (χ4n) is 4.67. The summed E-state index contributed by atoms with van der Waals surface area (Å²) in [6.07, 6.45) is 0.199. The molecular weight excluding hydrogens is 653 g/mol. The van der Waals surface area contributed by atoms with E-state index in [1.54, 1.807) is 48.5 Å². The normalized spacial score (nSPS) is 12.0. The van der Waals surface area contributed by atoms with Crippen LogP contribution in [0.3, 0.4) is 0 Å². The summed E-state index contributed by atoms with van der Waals surface area (Å²) in [5.74, 6) is -0.775. The first kappa shape index (κ1) is 34.3. The summed E-state index contributed by atoms with van der Waals surface area (Å²) in [5.41, 5.74) is 1.70. The summed E-state index contributed by atoms with van der Waals surface area (Å²) >= 11 is 18.6. The minimum Gasteiger partial charge on any atom is -0.354 e. The largest absolute Gasteiger partial charge is 0.354 e. The number of anilines is 1. The van der Waals surface area contributed by atoms with Gasteiger partial charge in [0.05, 0.1) is 20.6 Å². The highest BCUT2D eigenvalue weighted by Gasteiger charge is 2.34. The van der Waals surface area contributed by atoms with Crippen LogP contribution in [0.5, 0.6) is 0 Å². The van der Waals surface area contributed by atoms with Gasteiger partial charge >= 0.3 is 0 Å². The highest BCUT2D eigenvalue weighted by molar-refractivity contribution is 7.92. The molecule has 0 saturated carbocycles. The van der Waals surface area contributed by atoms with Crippen LogP contribution >= 0.6 is 34.8 Å². The predicted octanol–water partition coefficient (Wildman–Crippen LogP) is 7.25. The fourth-order valence-corrected chi connectivity index (χ4v) is 6.55. The molecule has 0 spiro atoms. The van der Waals surface area contributed by atoms with Gasteiger partial charge in [-0.25, -0.2) is 8.42 Å². The zero-order valence-corrected chi connectivity index (χ0v) is 28.0. The maximum atomic E-state index is 14.5.